The number of aromatic amines is 1. The van der Waals surface area contributed by atoms with E-state index in [0.717, 1.165) is 3.57 Å². The lowest BCUT2D eigenvalue weighted by atomic mass is 10.2. The lowest BCUT2D eigenvalue weighted by molar-refractivity contribution is 0.0975. The summed E-state index contributed by atoms with van der Waals surface area (Å²) in [6, 6.07) is 6.95. The van der Waals surface area contributed by atoms with E-state index in [2.05, 4.69) is 27.6 Å². The quantitative estimate of drug-likeness (QED) is 0.593. The van der Waals surface area contributed by atoms with Crippen LogP contribution in [0.4, 0.5) is 11.5 Å². The first kappa shape index (κ1) is 20.2. The molecule has 3 N–H and O–H groups in total. The molecule has 2 aromatic rings. The zero-order valence-corrected chi connectivity index (χ0v) is 16.8. The number of nitrogens with one attached hydrogen (secondary N) is 1. The summed E-state index contributed by atoms with van der Waals surface area (Å²) >= 11 is 2.14. The van der Waals surface area contributed by atoms with E-state index < -0.39 is 17.2 Å². The second-order valence-corrected chi connectivity index (χ2v) is 6.85. The fourth-order valence-electron chi connectivity index (χ4n) is 2.53. The molecule has 0 aliphatic carbocycles. The van der Waals surface area contributed by atoms with Crippen LogP contribution in [0, 0.1) is 3.57 Å². The van der Waals surface area contributed by atoms with Crippen molar-refractivity contribution >= 4 is 40.0 Å². The second kappa shape index (κ2) is 8.99. The number of methoxy groups -OCH3 is 1. The maximum absolute atomic E-state index is 13.0. The lowest BCUT2D eigenvalue weighted by Gasteiger charge is -2.24. The van der Waals surface area contributed by atoms with Crippen molar-refractivity contribution in [1.82, 2.24) is 9.55 Å². The number of halogens is 1. The summed E-state index contributed by atoms with van der Waals surface area (Å²) in [5.41, 5.74) is 5.17. The van der Waals surface area contributed by atoms with Gasteiger partial charge < -0.3 is 10.5 Å². The summed E-state index contributed by atoms with van der Waals surface area (Å²) in [5.74, 6) is -0.423. The number of nitrogens with zero attached hydrogens (tertiary/aromatic N) is 2. The zero-order valence-electron chi connectivity index (χ0n) is 14.6. The van der Waals surface area contributed by atoms with Gasteiger partial charge in [0.2, 0.25) is 0 Å². The summed E-state index contributed by atoms with van der Waals surface area (Å²) < 4.78 is 7.31. The van der Waals surface area contributed by atoms with Gasteiger partial charge in [-0.2, -0.15) is 0 Å². The van der Waals surface area contributed by atoms with E-state index in [0.29, 0.717) is 18.5 Å². The third-order valence-corrected chi connectivity index (χ3v) is 4.51. The maximum atomic E-state index is 13.0. The molecule has 2 rings (SSSR count). The second-order valence-electron chi connectivity index (χ2n) is 5.60. The van der Waals surface area contributed by atoms with Crippen LogP contribution in [0.5, 0.6) is 0 Å². The van der Waals surface area contributed by atoms with E-state index in [1.807, 2.05) is 6.92 Å². The summed E-state index contributed by atoms with van der Waals surface area (Å²) in [4.78, 5) is 40.9. The number of ether oxygens (including phenoxy) is 1. The molecule has 0 bridgehead atoms. The standard InChI is InChI=1S/C17H21IN4O4/c1-3-8-22-14(19)13(15(23)20-17(22)25)21(9-10-26-2)16(24)11-4-6-12(18)7-5-11/h4-7H,3,8-10,19H2,1-2H3,(H,20,23,25). The van der Waals surface area contributed by atoms with Crippen molar-refractivity contribution in [2.45, 2.75) is 19.9 Å². The van der Waals surface area contributed by atoms with Crippen LogP contribution in [-0.2, 0) is 11.3 Å². The fourth-order valence-corrected chi connectivity index (χ4v) is 2.89. The van der Waals surface area contributed by atoms with Crippen LogP contribution in [-0.4, -0.2) is 35.7 Å². The van der Waals surface area contributed by atoms with Gasteiger partial charge in [-0.15, -0.1) is 0 Å². The molecule has 0 saturated heterocycles. The van der Waals surface area contributed by atoms with Crippen molar-refractivity contribution in [3.8, 4) is 0 Å². The number of hydrogen-bond acceptors (Lipinski definition) is 5. The average molecular weight is 472 g/mol. The molecule has 0 atom stereocenters. The van der Waals surface area contributed by atoms with Crippen LogP contribution < -0.4 is 21.9 Å². The van der Waals surface area contributed by atoms with Crippen LogP contribution in [0.1, 0.15) is 23.7 Å². The summed E-state index contributed by atoms with van der Waals surface area (Å²) in [7, 11) is 1.50. The predicted octanol–water partition coefficient (Wildman–Crippen LogP) is 1.43. The molecule has 0 aliphatic rings. The number of hydrogen-bond donors (Lipinski definition) is 2. The molecular weight excluding hydrogens is 451 g/mol. The molecule has 9 heteroatoms. The summed E-state index contributed by atoms with van der Waals surface area (Å²) in [6.07, 6.45) is 0.652. The molecule has 26 heavy (non-hydrogen) atoms. The van der Waals surface area contributed by atoms with Crippen LogP contribution in [0.15, 0.2) is 33.9 Å². The molecule has 0 saturated carbocycles. The number of nitrogens with two attached hydrogens (primary N) is 1. The van der Waals surface area contributed by atoms with E-state index in [1.165, 1.54) is 16.6 Å². The molecule has 0 fully saturated rings. The number of H-pyrrole nitrogens is 1. The largest absolute Gasteiger partial charge is 0.383 e. The number of anilines is 2. The van der Waals surface area contributed by atoms with Crippen LogP contribution in [0.3, 0.4) is 0 Å². The highest BCUT2D eigenvalue weighted by Gasteiger charge is 2.25. The molecule has 0 radical (unpaired) electrons. The highest BCUT2D eigenvalue weighted by molar-refractivity contribution is 14.1. The highest BCUT2D eigenvalue weighted by Crippen LogP contribution is 2.20. The van der Waals surface area contributed by atoms with Gasteiger partial charge in [0.1, 0.15) is 5.82 Å². The van der Waals surface area contributed by atoms with Gasteiger partial charge >= 0.3 is 5.69 Å². The Kier molecular flexibility index (Phi) is 6.98. The van der Waals surface area contributed by atoms with Gasteiger partial charge in [0.25, 0.3) is 11.5 Å². The third-order valence-electron chi connectivity index (χ3n) is 3.79. The van der Waals surface area contributed by atoms with Gasteiger partial charge in [-0.05, 0) is 53.3 Å². The van der Waals surface area contributed by atoms with E-state index in [1.54, 1.807) is 24.3 Å². The number of nitrogen functional groups attached to an aromatic ring is 1. The van der Waals surface area contributed by atoms with Crippen LogP contribution in [0.25, 0.3) is 0 Å². The van der Waals surface area contributed by atoms with Crippen molar-refractivity contribution < 1.29 is 9.53 Å². The number of aromatic nitrogens is 2. The number of amides is 1. The smallest absolute Gasteiger partial charge is 0.330 e. The summed E-state index contributed by atoms with van der Waals surface area (Å²) in [5, 5.41) is 0. The first-order valence-corrected chi connectivity index (χ1v) is 9.17. The Hall–Kier alpha value is -2.14. The van der Waals surface area contributed by atoms with Gasteiger partial charge in [0, 0.05) is 29.3 Å². The van der Waals surface area contributed by atoms with Gasteiger partial charge in [-0.25, -0.2) is 4.79 Å². The molecule has 0 unspecified atom stereocenters. The number of carbonyl (C=O) groups is 1. The molecule has 0 aliphatic heterocycles. The normalized spacial score (nSPS) is 10.7. The Labute approximate surface area is 164 Å². The fraction of sp³-hybridized carbons (Fsp3) is 0.353. The van der Waals surface area contributed by atoms with Crippen molar-refractivity contribution in [3.05, 3.63) is 54.2 Å². The maximum Gasteiger partial charge on any atom is 0.330 e. The van der Waals surface area contributed by atoms with Crippen molar-refractivity contribution in [2.24, 2.45) is 0 Å². The Balaban J connectivity index is 2.58. The first-order chi connectivity index (χ1) is 12.4. The number of benzene rings is 1. The molecule has 140 valence electrons. The van der Waals surface area contributed by atoms with Crippen molar-refractivity contribution in [3.63, 3.8) is 0 Å². The van der Waals surface area contributed by atoms with Crippen molar-refractivity contribution in [1.29, 1.82) is 0 Å². The van der Waals surface area contributed by atoms with Crippen LogP contribution in [0.2, 0.25) is 0 Å². The molecule has 8 nitrogen and oxygen atoms in total. The van der Waals surface area contributed by atoms with Gasteiger partial charge in [-0.1, -0.05) is 6.92 Å². The Bertz CT molecular complexity index is 889. The molecule has 0 spiro atoms. The van der Waals surface area contributed by atoms with E-state index in [-0.39, 0.29) is 24.7 Å². The minimum absolute atomic E-state index is 0.0319. The number of rotatable bonds is 7. The lowest BCUT2D eigenvalue weighted by Crippen LogP contribution is -2.42. The molecule has 1 aromatic heterocycles. The van der Waals surface area contributed by atoms with E-state index >= 15 is 0 Å². The van der Waals surface area contributed by atoms with Crippen LogP contribution >= 0.6 is 22.6 Å². The minimum atomic E-state index is -0.699. The average Bonchev–Trinajstić information content (AvgIpc) is 2.61. The minimum Gasteiger partial charge on any atom is -0.383 e. The summed E-state index contributed by atoms with van der Waals surface area (Å²) in [6.45, 7) is 2.56. The van der Waals surface area contributed by atoms with E-state index in [4.69, 9.17) is 10.5 Å². The Morgan fingerprint density at radius 1 is 1.31 bits per heavy atom. The van der Waals surface area contributed by atoms with Gasteiger partial charge in [-0.3, -0.25) is 24.0 Å². The SMILES string of the molecule is CCCn1c(N)c(N(CCOC)C(=O)c2ccc(I)cc2)c(=O)[nH]c1=O. The highest BCUT2D eigenvalue weighted by atomic mass is 127. The van der Waals surface area contributed by atoms with Gasteiger partial charge in [0.05, 0.1) is 6.61 Å². The molecule has 1 amide bonds. The first-order valence-electron chi connectivity index (χ1n) is 8.09. The van der Waals surface area contributed by atoms with Gasteiger partial charge in [0.15, 0.2) is 5.69 Å². The predicted molar refractivity (Wildman–Crippen MR) is 109 cm³/mol. The molecule has 1 aromatic carbocycles. The van der Waals surface area contributed by atoms with E-state index in [9.17, 15) is 14.4 Å². The monoisotopic (exact) mass is 472 g/mol. The third kappa shape index (κ3) is 4.33. The zero-order chi connectivity index (χ0) is 19.3. The Morgan fingerprint density at radius 3 is 2.54 bits per heavy atom. The molecule has 1 heterocycles. The molecular formula is C17H21IN4O4. The number of carbonyl (C=O) groups excluding carboxylic acids is 1. The topological polar surface area (TPSA) is 110 Å². The van der Waals surface area contributed by atoms with Crippen molar-refractivity contribution in [2.75, 3.05) is 30.9 Å². The Morgan fingerprint density at radius 2 is 1.96 bits per heavy atom.